The molecule has 2 N–H and O–H groups in total. The highest BCUT2D eigenvalue weighted by Gasteiger charge is 2.11. The molecule has 0 aliphatic rings. The predicted molar refractivity (Wildman–Crippen MR) is 72.4 cm³/mol. The van der Waals surface area contributed by atoms with Gasteiger partial charge in [0.05, 0.1) is 6.61 Å². The lowest BCUT2D eigenvalue weighted by Gasteiger charge is -2.15. The first-order valence-electron chi connectivity index (χ1n) is 6.31. The molecule has 102 valence electrons. The molecule has 0 bridgehead atoms. The van der Waals surface area contributed by atoms with Gasteiger partial charge in [-0.15, -0.1) is 0 Å². The van der Waals surface area contributed by atoms with E-state index >= 15 is 0 Å². The summed E-state index contributed by atoms with van der Waals surface area (Å²) in [5.41, 5.74) is 6.60. The molecule has 0 saturated heterocycles. The Kier molecular flexibility index (Phi) is 6.09. The van der Waals surface area contributed by atoms with Crippen LogP contribution < -0.4 is 10.5 Å². The summed E-state index contributed by atoms with van der Waals surface area (Å²) in [6, 6.07) is 4.98. The van der Waals surface area contributed by atoms with Gasteiger partial charge < -0.3 is 15.4 Å². The smallest absolute Gasteiger partial charge is 0.165 e. The number of para-hydroxylation sites is 1. The van der Waals surface area contributed by atoms with Gasteiger partial charge in [0, 0.05) is 12.6 Å². The third-order valence-corrected chi connectivity index (χ3v) is 2.59. The van der Waals surface area contributed by atoms with Crippen LogP contribution in [0.2, 0.25) is 0 Å². The van der Waals surface area contributed by atoms with Crippen molar-refractivity contribution in [2.75, 3.05) is 27.2 Å². The van der Waals surface area contributed by atoms with Gasteiger partial charge >= 0.3 is 0 Å². The monoisotopic (exact) mass is 254 g/mol. The molecule has 0 spiro atoms. The molecule has 1 atom stereocenters. The van der Waals surface area contributed by atoms with Crippen LogP contribution in [0, 0.1) is 5.82 Å². The minimum atomic E-state index is -0.307. The molecule has 0 heterocycles. The van der Waals surface area contributed by atoms with Crippen molar-refractivity contribution in [3.63, 3.8) is 0 Å². The van der Waals surface area contributed by atoms with Gasteiger partial charge in [0.25, 0.3) is 0 Å². The van der Waals surface area contributed by atoms with Crippen LogP contribution in [0.1, 0.15) is 18.9 Å². The summed E-state index contributed by atoms with van der Waals surface area (Å²) in [7, 11) is 4.01. The minimum Gasteiger partial charge on any atom is -0.490 e. The van der Waals surface area contributed by atoms with Gasteiger partial charge in [-0.2, -0.15) is 0 Å². The molecule has 0 fully saturated rings. The van der Waals surface area contributed by atoms with Crippen LogP contribution in [0.3, 0.4) is 0 Å². The summed E-state index contributed by atoms with van der Waals surface area (Å²) in [4.78, 5) is 2.08. The fourth-order valence-electron chi connectivity index (χ4n) is 1.78. The molecule has 18 heavy (non-hydrogen) atoms. The largest absolute Gasteiger partial charge is 0.490 e. The van der Waals surface area contributed by atoms with E-state index in [1.807, 2.05) is 27.1 Å². The maximum Gasteiger partial charge on any atom is 0.165 e. The summed E-state index contributed by atoms with van der Waals surface area (Å²) in [6.45, 7) is 3.35. The highest BCUT2D eigenvalue weighted by atomic mass is 19.1. The van der Waals surface area contributed by atoms with Crippen LogP contribution in [-0.4, -0.2) is 38.2 Å². The molecule has 0 aliphatic carbocycles. The van der Waals surface area contributed by atoms with Gasteiger partial charge in [0.15, 0.2) is 11.6 Å². The van der Waals surface area contributed by atoms with E-state index in [-0.39, 0.29) is 11.9 Å². The van der Waals surface area contributed by atoms with Crippen molar-refractivity contribution in [2.24, 2.45) is 5.73 Å². The van der Waals surface area contributed by atoms with Crippen LogP contribution in [-0.2, 0) is 6.42 Å². The van der Waals surface area contributed by atoms with E-state index in [0.29, 0.717) is 18.8 Å². The third-order valence-electron chi connectivity index (χ3n) is 2.59. The van der Waals surface area contributed by atoms with Crippen LogP contribution >= 0.6 is 0 Å². The Morgan fingerprint density at radius 1 is 1.39 bits per heavy atom. The number of benzene rings is 1. The Labute approximate surface area is 109 Å². The number of rotatable bonds is 7. The number of hydrogen-bond donors (Lipinski definition) is 1. The average Bonchev–Trinajstić information content (AvgIpc) is 2.26. The van der Waals surface area contributed by atoms with Crippen LogP contribution in [0.4, 0.5) is 4.39 Å². The maximum atomic E-state index is 13.7. The summed E-state index contributed by atoms with van der Waals surface area (Å²) in [5, 5.41) is 0. The number of nitrogens with two attached hydrogens (primary N) is 1. The molecular weight excluding hydrogens is 231 g/mol. The topological polar surface area (TPSA) is 38.5 Å². The van der Waals surface area contributed by atoms with Gasteiger partial charge in [-0.1, -0.05) is 12.1 Å². The van der Waals surface area contributed by atoms with E-state index in [1.165, 1.54) is 6.07 Å². The Hall–Kier alpha value is -1.13. The van der Waals surface area contributed by atoms with Crippen molar-refractivity contribution in [2.45, 2.75) is 25.8 Å². The van der Waals surface area contributed by atoms with E-state index in [4.69, 9.17) is 10.5 Å². The van der Waals surface area contributed by atoms with Gasteiger partial charge in [0.1, 0.15) is 0 Å². The SMILES string of the molecule is CC(N)Cc1cccc(F)c1OCCCN(C)C. The lowest BCUT2D eigenvalue weighted by molar-refractivity contribution is 0.268. The Bertz CT molecular complexity index is 367. The van der Waals surface area contributed by atoms with Gasteiger partial charge in [0.2, 0.25) is 0 Å². The van der Waals surface area contributed by atoms with Crippen molar-refractivity contribution in [1.29, 1.82) is 0 Å². The van der Waals surface area contributed by atoms with Crippen LogP contribution in [0.25, 0.3) is 0 Å². The molecule has 0 amide bonds. The molecule has 1 aromatic rings. The van der Waals surface area contributed by atoms with E-state index in [9.17, 15) is 4.39 Å². The standard InChI is InChI=1S/C14H23FN2O/c1-11(16)10-12-6-4-7-13(15)14(12)18-9-5-8-17(2)3/h4,6-7,11H,5,8-10,16H2,1-3H3. The first-order chi connectivity index (χ1) is 8.50. The fourth-order valence-corrected chi connectivity index (χ4v) is 1.78. The quantitative estimate of drug-likeness (QED) is 0.757. The van der Waals surface area contributed by atoms with Crippen molar-refractivity contribution in [3.05, 3.63) is 29.6 Å². The van der Waals surface area contributed by atoms with Gasteiger partial charge in [-0.25, -0.2) is 4.39 Å². The molecule has 1 unspecified atom stereocenters. The van der Waals surface area contributed by atoms with Crippen molar-refractivity contribution >= 4 is 0 Å². The van der Waals surface area contributed by atoms with E-state index in [0.717, 1.165) is 18.5 Å². The van der Waals surface area contributed by atoms with Crippen LogP contribution in [0.15, 0.2) is 18.2 Å². The maximum absolute atomic E-state index is 13.7. The molecule has 3 nitrogen and oxygen atoms in total. The lowest BCUT2D eigenvalue weighted by atomic mass is 10.1. The average molecular weight is 254 g/mol. The molecule has 0 aromatic heterocycles. The Morgan fingerprint density at radius 3 is 2.72 bits per heavy atom. The van der Waals surface area contributed by atoms with E-state index in [2.05, 4.69) is 4.90 Å². The summed E-state index contributed by atoms with van der Waals surface area (Å²) < 4.78 is 19.3. The molecule has 0 radical (unpaired) electrons. The number of nitrogens with zero attached hydrogens (tertiary/aromatic N) is 1. The highest BCUT2D eigenvalue weighted by Crippen LogP contribution is 2.23. The summed E-state index contributed by atoms with van der Waals surface area (Å²) >= 11 is 0. The predicted octanol–water partition coefficient (Wildman–Crippen LogP) is 2.05. The number of ether oxygens (including phenoxy) is 1. The molecule has 0 saturated carbocycles. The second-order valence-electron chi connectivity index (χ2n) is 4.91. The zero-order valence-electron chi connectivity index (χ0n) is 11.4. The van der Waals surface area contributed by atoms with Crippen LogP contribution in [0.5, 0.6) is 5.75 Å². The zero-order chi connectivity index (χ0) is 13.5. The van der Waals surface area contributed by atoms with Gasteiger partial charge in [-0.05, 0) is 45.5 Å². The second kappa shape index (κ2) is 7.34. The highest BCUT2D eigenvalue weighted by molar-refractivity contribution is 5.35. The normalized spacial score (nSPS) is 12.8. The number of hydrogen-bond acceptors (Lipinski definition) is 3. The van der Waals surface area contributed by atoms with Crippen molar-refractivity contribution in [3.8, 4) is 5.75 Å². The Morgan fingerprint density at radius 2 is 2.11 bits per heavy atom. The molecule has 1 rings (SSSR count). The molecular formula is C14H23FN2O. The number of halogens is 1. The molecule has 0 aliphatic heterocycles. The first kappa shape index (κ1) is 14.9. The van der Waals surface area contributed by atoms with E-state index in [1.54, 1.807) is 6.07 Å². The molecule has 1 aromatic carbocycles. The fraction of sp³-hybridized carbons (Fsp3) is 0.571. The van der Waals surface area contributed by atoms with E-state index < -0.39 is 0 Å². The Balaban J connectivity index is 2.62. The zero-order valence-corrected chi connectivity index (χ0v) is 11.4. The first-order valence-corrected chi connectivity index (χ1v) is 6.31. The third kappa shape index (κ3) is 5.02. The van der Waals surface area contributed by atoms with Crippen molar-refractivity contribution < 1.29 is 9.13 Å². The second-order valence-corrected chi connectivity index (χ2v) is 4.91. The van der Waals surface area contributed by atoms with Crippen molar-refractivity contribution in [1.82, 2.24) is 4.90 Å². The lowest BCUT2D eigenvalue weighted by Crippen LogP contribution is -2.19. The molecule has 4 heteroatoms. The summed E-state index contributed by atoms with van der Waals surface area (Å²) in [5.74, 6) is 0.0477. The minimum absolute atomic E-state index is 0.00377. The summed E-state index contributed by atoms with van der Waals surface area (Å²) in [6.07, 6.45) is 1.50. The van der Waals surface area contributed by atoms with Gasteiger partial charge in [-0.3, -0.25) is 0 Å².